The Morgan fingerprint density at radius 3 is 2.94 bits per heavy atom. The van der Waals surface area contributed by atoms with E-state index in [0.29, 0.717) is 11.9 Å². The smallest absolute Gasteiger partial charge is 0.212 e. The van der Waals surface area contributed by atoms with E-state index in [4.69, 9.17) is 9.15 Å². The van der Waals surface area contributed by atoms with Gasteiger partial charge >= 0.3 is 0 Å². The van der Waals surface area contributed by atoms with Gasteiger partial charge in [0.05, 0.1) is 19.9 Å². The van der Waals surface area contributed by atoms with Crippen LogP contribution in [0.1, 0.15) is 18.6 Å². The monoisotopic (exact) mass is 244 g/mol. The fourth-order valence-corrected chi connectivity index (χ4v) is 1.92. The summed E-state index contributed by atoms with van der Waals surface area (Å²) >= 11 is 0. The van der Waals surface area contributed by atoms with E-state index in [9.17, 15) is 0 Å². The lowest BCUT2D eigenvalue weighted by Crippen LogP contribution is -2.15. The summed E-state index contributed by atoms with van der Waals surface area (Å²) in [6, 6.07) is 6.52. The lowest BCUT2D eigenvalue weighted by atomic mass is 10.1. The molecule has 0 aliphatic heterocycles. The predicted molar refractivity (Wildman–Crippen MR) is 68.4 cm³/mol. The number of rotatable bonds is 5. The first kappa shape index (κ1) is 11.3. The maximum atomic E-state index is 5.53. The van der Waals surface area contributed by atoms with Crippen LogP contribution in [0, 0.1) is 0 Å². The minimum absolute atomic E-state index is 0.625. The Bertz CT molecular complexity index is 515. The molecule has 0 unspecified atom stereocenters. The van der Waals surface area contributed by atoms with Gasteiger partial charge in [0.2, 0.25) is 5.88 Å². The van der Waals surface area contributed by atoms with E-state index < -0.39 is 0 Å². The van der Waals surface area contributed by atoms with Gasteiger partial charge in [-0.3, -0.25) is 0 Å². The topological polar surface area (TPSA) is 47.3 Å². The molecule has 0 aromatic carbocycles. The fourth-order valence-electron chi connectivity index (χ4n) is 1.92. The molecule has 0 saturated heterocycles. The minimum Gasteiger partial charge on any atom is -0.481 e. The van der Waals surface area contributed by atoms with Crippen LogP contribution in [-0.4, -0.2) is 18.1 Å². The van der Waals surface area contributed by atoms with Crippen molar-refractivity contribution < 1.29 is 9.15 Å². The largest absolute Gasteiger partial charge is 0.481 e. The molecule has 1 fully saturated rings. The zero-order valence-electron chi connectivity index (χ0n) is 10.3. The van der Waals surface area contributed by atoms with Gasteiger partial charge in [-0.05, 0) is 25.0 Å². The van der Waals surface area contributed by atoms with Gasteiger partial charge in [0, 0.05) is 29.4 Å². The minimum atomic E-state index is 0.625. The molecule has 2 aromatic heterocycles. The van der Waals surface area contributed by atoms with Crippen LogP contribution in [0.3, 0.4) is 0 Å². The summed E-state index contributed by atoms with van der Waals surface area (Å²) < 4.78 is 10.6. The van der Waals surface area contributed by atoms with E-state index in [1.165, 1.54) is 12.8 Å². The molecule has 0 spiro atoms. The van der Waals surface area contributed by atoms with Gasteiger partial charge in [-0.1, -0.05) is 0 Å². The molecule has 4 heteroatoms. The van der Waals surface area contributed by atoms with Crippen LogP contribution in [0.5, 0.6) is 5.88 Å². The van der Waals surface area contributed by atoms with Crippen molar-refractivity contribution in [1.29, 1.82) is 0 Å². The van der Waals surface area contributed by atoms with Crippen LogP contribution in [0.25, 0.3) is 11.1 Å². The second kappa shape index (κ2) is 4.82. The summed E-state index contributed by atoms with van der Waals surface area (Å²) in [5.74, 6) is 1.59. The van der Waals surface area contributed by atoms with Crippen LogP contribution in [0.2, 0.25) is 0 Å². The van der Waals surface area contributed by atoms with Crippen molar-refractivity contribution in [2.45, 2.75) is 25.4 Å². The van der Waals surface area contributed by atoms with E-state index in [1.807, 2.05) is 24.4 Å². The van der Waals surface area contributed by atoms with Crippen molar-refractivity contribution in [3.8, 4) is 17.0 Å². The van der Waals surface area contributed by atoms with Gasteiger partial charge in [-0.2, -0.15) is 0 Å². The summed E-state index contributed by atoms with van der Waals surface area (Å²) in [6.07, 6.45) is 6.09. The molecule has 0 bridgehead atoms. The van der Waals surface area contributed by atoms with Crippen LogP contribution in [0.15, 0.2) is 35.1 Å². The van der Waals surface area contributed by atoms with Gasteiger partial charge in [-0.25, -0.2) is 4.98 Å². The Morgan fingerprint density at radius 1 is 1.39 bits per heavy atom. The van der Waals surface area contributed by atoms with Crippen molar-refractivity contribution >= 4 is 0 Å². The van der Waals surface area contributed by atoms with E-state index in [1.54, 1.807) is 13.4 Å². The highest BCUT2D eigenvalue weighted by Crippen LogP contribution is 2.26. The van der Waals surface area contributed by atoms with Crippen molar-refractivity contribution in [2.75, 3.05) is 7.11 Å². The Hall–Kier alpha value is -1.81. The first-order chi connectivity index (χ1) is 8.86. The summed E-state index contributed by atoms with van der Waals surface area (Å²) in [7, 11) is 1.62. The standard InChI is InChI=1S/C14H16N2O2/c1-17-14-5-2-10(8-16-14)12-6-7-18-13(12)9-15-11-3-4-11/h2,5-8,11,15H,3-4,9H2,1H3. The lowest BCUT2D eigenvalue weighted by molar-refractivity contribution is 0.398. The van der Waals surface area contributed by atoms with E-state index >= 15 is 0 Å². The van der Waals surface area contributed by atoms with Gasteiger partial charge in [0.25, 0.3) is 0 Å². The van der Waals surface area contributed by atoms with Gasteiger partial charge < -0.3 is 14.5 Å². The summed E-state index contributed by atoms with van der Waals surface area (Å²) in [5, 5.41) is 3.45. The normalized spacial score (nSPS) is 14.7. The Labute approximate surface area is 106 Å². The first-order valence-electron chi connectivity index (χ1n) is 6.17. The van der Waals surface area contributed by atoms with Crippen molar-refractivity contribution in [3.63, 3.8) is 0 Å². The Morgan fingerprint density at radius 2 is 2.28 bits per heavy atom. The molecule has 2 heterocycles. The number of pyridine rings is 1. The summed E-state index contributed by atoms with van der Waals surface area (Å²) in [5.41, 5.74) is 2.15. The molecule has 1 aliphatic rings. The molecule has 1 N–H and O–H groups in total. The maximum absolute atomic E-state index is 5.53. The average Bonchev–Trinajstić information content (AvgIpc) is 3.14. The van der Waals surface area contributed by atoms with Gasteiger partial charge in [-0.15, -0.1) is 0 Å². The number of nitrogens with zero attached hydrogens (tertiary/aromatic N) is 1. The number of hydrogen-bond acceptors (Lipinski definition) is 4. The third kappa shape index (κ3) is 2.38. The zero-order chi connectivity index (χ0) is 12.4. The molecule has 3 rings (SSSR count). The number of hydrogen-bond donors (Lipinski definition) is 1. The number of ether oxygens (including phenoxy) is 1. The third-order valence-corrected chi connectivity index (χ3v) is 3.13. The van der Waals surface area contributed by atoms with Crippen LogP contribution in [-0.2, 0) is 6.54 Å². The predicted octanol–water partition coefficient (Wildman–Crippen LogP) is 2.60. The lowest BCUT2D eigenvalue weighted by Gasteiger charge is -2.04. The summed E-state index contributed by atoms with van der Waals surface area (Å²) in [6.45, 7) is 0.777. The van der Waals surface area contributed by atoms with Crippen LogP contribution < -0.4 is 10.1 Å². The Kier molecular flexibility index (Phi) is 3.02. The average molecular weight is 244 g/mol. The van der Waals surface area contributed by atoms with E-state index in [-0.39, 0.29) is 0 Å². The maximum Gasteiger partial charge on any atom is 0.212 e. The second-order valence-electron chi connectivity index (χ2n) is 4.50. The Balaban J connectivity index is 1.78. The molecule has 94 valence electrons. The van der Waals surface area contributed by atoms with Crippen LogP contribution >= 0.6 is 0 Å². The molecule has 1 saturated carbocycles. The van der Waals surface area contributed by atoms with Crippen molar-refractivity contribution in [2.24, 2.45) is 0 Å². The molecule has 0 atom stereocenters. The SMILES string of the molecule is COc1ccc(-c2ccoc2CNC2CC2)cn1. The molecule has 18 heavy (non-hydrogen) atoms. The fraction of sp³-hybridized carbons (Fsp3) is 0.357. The number of aromatic nitrogens is 1. The highest BCUT2D eigenvalue weighted by Gasteiger charge is 2.21. The molecule has 0 amide bonds. The van der Waals surface area contributed by atoms with Crippen LogP contribution in [0.4, 0.5) is 0 Å². The molecular weight excluding hydrogens is 228 g/mol. The number of nitrogens with one attached hydrogen (secondary N) is 1. The van der Waals surface area contributed by atoms with E-state index in [2.05, 4.69) is 10.3 Å². The molecule has 4 nitrogen and oxygen atoms in total. The van der Waals surface area contributed by atoms with E-state index in [0.717, 1.165) is 23.4 Å². The van der Waals surface area contributed by atoms with Gasteiger partial charge in [0.15, 0.2) is 0 Å². The molecule has 0 radical (unpaired) electrons. The molecule has 1 aliphatic carbocycles. The third-order valence-electron chi connectivity index (χ3n) is 3.13. The van der Waals surface area contributed by atoms with Crippen molar-refractivity contribution in [1.82, 2.24) is 10.3 Å². The van der Waals surface area contributed by atoms with Gasteiger partial charge in [0.1, 0.15) is 5.76 Å². The number of methoxy groups -OCH3 is 1. The zero-order valence-corrected chi connectivity index (χ0v) is 10.3. The molecular formula is C14H16N2O2. The highest BCUT2D eigenvalue weighted by atomic mass is 16.5. The summed E-state index contributed by atoms with van der Waals surface area (Å²) in [4.78, 5) is 4.22. The quantitative estimate of drug-likeness (QED) is 0.878. The first-order valence-corrected chi connectivity index (χ1v) is 6.17. The van der Waals surface area contributed by atoms with Crippen molar-refractivity contribution in [3.05, 3.63) is 36.4 Å². The highest BCUT2D eigenvalue weighted by molar-refractivity contribution is 5.64. The number of furan rings is 1. The molecule has 2 aromatic rings. The second-order valence-corrected chi connectivity index (χ2v) is 4.50.